The Morgan fingerprint density at radius 3 is 2.54 bits per heavy atom. The molecule has 1 fully saturated rings. The number of carbonyl (C=O) groups is 1. The molecule has 0 saturated heterocycles. The van der Waals surface area contributed by atoms with Gasteiger partial charge in [-0.15, -0.1) is 0 Å². The first kappa shape index (κ1) is 24.8. The number of sulfone groups is 1. The summed E-state index contributed by atoms with van der Waals surface area (Å²) in [4.78, 5) is 26.3. The van der Waals surface area contributed by atoms with Crippen LogP contribution in [0.1, 0.15) is 53.8 Å². The highest BCUT2D eigenvalue weighted by atomic mass is 32.2. The first-order valence-electron chi connectivity index (χ1n) is 12.3. The number of fused-ring (bicyclic) bond motifs is 1. The Balaban J connectivity index is 1.51. The van der Waals surface area contributed by atoms with Crippen LogP contribution in [0.2, 0.25) is 0 Å². The summed E-state index contributed by atoms with van der Waals surface area (Å²) < 4.78 is 25.2. The Morgan fingerprint density at radius 1 is 1.14 bits per heavy atom. The Labute approximate surface area is 215 Å². The lowest BCUT2D eigenvalue weighted by Crippen LogP contribution is -2.20. The molecule has 4 aromatic rings. The molecule has 11 heteroatoms. The molecule has 5 rings (SSSR count). The molecular formula is C26H29N7O3S. The smallest absolute Gasteiger partial charge is 0.252 e. The predicted molar refractivity (Wildman–Crippen MR) is 141 cm³/mol. The molecule has 192 valence electrons. The van der Waals surface area contributed by atoms with Crippen molar-refractivity contribution in [2.45, 2.75) is 50.3 Å². The molecule has 0 unspecified atom stereocenters. The van der Waals surface area contributed by atoms with Gasteiger partial charge in [0.1, 0.15) is 12.1 Å². The predicted octanol–water partition coefficient (Wildman–Crippen LogP) is 3.89. The molecule has 0 spiro atoms. The van der Waals surface area contributed by atoms with Crippen molar-refractivity contribution in [1.29, 1.82) is 0 Å². The minimum Gasteiger partial charge on any atom is -0.365 e. The van der Waals surface area contributed by atoms with Gasteiger partial charge < -0.3 is 11.1 Å². The number of aryl methyl sites for hydroxylation is 1. The van der Waals surface area contributed by atoms with E-state index in [4.69, 9.17) is 5.73 Å². The molecule has 0 radical (unpaired) electrons. The maximum atomic E-state index is 12.6. The first-order chi connectivity index (χ1) is 17.7. The number of aromatic nitrogens is 5. The van der Waals surface area contributed by atoms with Crippen LogP contribution >= 0.6 is 0 Å². The number of amides is 1. The van der Waals surface area contributed by atoms with Crippen LogP contribution in [0.25, 0.3) is 16.7 Å². The van der Waals surface area contributed by atoms with Gasteiger partial charge in [0.05, 0.1) is 39.1 Å². The van der Waals surface area contributed by atoms with Crippen molar-refractivity contribution >= 4 is 38.3 Å². The first-order valence-corrected chi connectivity index (χ1v) is 14.2. The summed E-state index contributed by atoms with van der Waals surface area (Å²) in [6.07, 6.45) is 10.8. The van der Waals surface area contributed by atoms with Crippen LogP contribution in [0.3, 0.4) is 0 Å². The third-order valence-corrected chi connectivity index (χ3v) is 7.93. The van der Waals surface area contributed by atoms with Crippen LogP contribution < -0.4 is 11.1 Å². The van der Waals surface area contributed by atoms with Crippen LogP contribution in [0.5, 0.6) is 0 Å². The maximum Gasteiger partial charge on any atom is 0.252 e. The molecule has 1 aromatic carbocycles. The number of anilines is 2. The summed E-state index contributed by atoms with van der Waals surface area (Å²) in [5.74, 6) is 0.431. The monoisotopic (exact) mass is 519 g/mol. The highest BCUT2D eigenvalue weighted by Gasteiger charge is 2.23. The molecule has 3 heterocycles. The van der Waals surface area contributed by atoms with Gasteiger partial charge in [0.2, 0.25) is 0 Å². The molecule has 1 aliphatic rings. The number of benzene rings is 1. The van der Waals surface area contributed by atoms with Crippen LogP contribution in [-0.4, -0.2) is 45.3 Å². The van der Waals surface area contributed by atoms with Gasteiger partial charge in [-0.3, -0.25) is 9.78 Å². The molecular weight excluding hydrogens is 490 g/mol. The van der Waals surface area contributed by atoms with Crippen LogP contribution in [-0.2, 0) is 16.3 Å². The summed E-state index contributed by atoms with van der Waals surface area (Å²) in [5, 5.41) is 8.37. The van der Waals surface area contributed by atoms with Crippen LogP contribution in [0, 0.1) is 12.8 Å². The van der Waals surface area contributed by atoms with Gasteiger partial charge in [-0.1, -0.05) is 32.1 Å². The number of nitrogens with zero attached hydrogens (tertiary/aromatic N) is 5. The summed E-state index contributed by atoms with van der Waals surface area (Å²) in [6, 6.07) is 8.21. The van der Waals surface area contributed by atoms with Gasteiger partial charge in [0.25, 0.3) is 5.91 Å². The van der Waals surface area contributed by atoms with Gasteiger partial charge in [0, 0.05) is 11.9 Å². The molecule has 3 aromatic heterocycles. The number of rotatable bonds is 7. The Morgan fingerprint density at radius 2 is 1.86 bits per heavy atom. The van der Waals surface area contributed by atoms with E-state index in [2.05, 4.69) is 25.4 Å². The number of hydrogen-bond acceptors (Lipinski definition) is 8. The number of nitrogens with one attached hydrogen (secondary N) is 1. The van der Waals surface area contributed by atoms with Gasteiger partial charge in [-0.25, -0.2) is 23.1 Å². The van der Waals surface area contributed by atoms with E-state index in [0.29, 0.717) is 45.4 Å². The summed E-state index contributed by atoms with van der Waals surface area (Å²) in [5.41, 5.74) is 9.46. The fourth-order valence-electron chi connectivity index (χ4n) is 5.02. The van der Waals surface area contributed by atoms with Gasteiger partial charge in [-0.2, -0.15) is 5.10 Å². The molecule has 0 atom stereocenters. The zero-order chi connectivity index (χ0) is 26.2. The summed E-state index contributed by atoms with van der Waals surface area (Å²) >= 11 is 0. The maximum absolute atomic E-state index is 12.6. The lowest BCUT2D eigenvalue weighted by atomic mass is 9.85. The minimum atomic E-state index is -3.31. The molecule has 37 heavy (non-hydrogen) atoms. The van der Waals surface area contributed by atoms with E-state index in [-0.39, 0.29) is 4.90 Å². The number of pyridine rings is 1. The second-order valence-corrected chi connectivity index (χ2v) is 11.6. The van der Waals surface area contributed by atoms with Crippen molar-refractivity contribution in [2.24, 2.45) is 11.7 Å². The lowest BCUT2D eigenvalue weighted by Gasteiger charge is -2.23. The van der Waals surface area contributed by atoms with Crippen molar-refractivity contribution in [1.82, 2.24) is 24.7 Å². The van der Waals surface area contributed by atoms with E-state index in [1.54, 1.807) is 29.1 Å². The van der Waals surface area contributed by atoms with E-state index in [9.17, 15) is 13.2 Å². The van der Waals surface area contributed by atoms with E-state index < -0.39 is 15.7 Å². The average Bonchev–Trinajstić information content (AvgIpc) is 3.29. The molecule has 1 aliphatic carbocycles. The summed E-state index contributed by atoms with van der Waals surface area (Å²) in [7, 11) is -3.31. The summed E-state index contributed by atoms with van der Waals surface area (Å²) in [6.45, 7) is 1.90. The standard InChI is InChI=1S/C26H29N7O3S/c1-16-12-21(23(24(27)34)22(31-16)13-17-6-4-3-5-7-17)32-25-20-14-30-33(26(20)29-15-28-25)18-8-10-19(11-9-18)37(2,35)36/h8-12,14-15,17H,3-7,13H2,1-2H3,(H2,27,34)(H,28,29,31,32). The highest BCUT2D eigenvalue weighted by molar-refractivity contribution is 7.90. The van der Waals surface area contributed by atoms with E-state index in [1.165, 1.54) is 37.7 Å². The largest absolute Gasteiger partial charge is 0.365 e. The molecule has 3 N–H and O–H groups in total. The van der Waals surface area contributed by atoms with Crippen LogP contribution in [0.4, 0.5) is 11.5 Å². The van der Waals surface area contributed by atoms with E-state index >= 15 is 0 Å². The molecule has 10 nitrogen and oxygen atoms in total. The second kappa shape index (κ2) is 9.89. The van der Waals surface area contributed by atoms with Crippen molar-refractivity contribution in [3.05, 3.63) is 59.8 Å². The van der Waals surface area contributed by atoms with Crippen molar-refractivity contribution in [3.63, 3.8) is 0 Å². The molecule has 1 amide bonds. The van der Waals surface area contributed by atoms with E-state index in [0.717, 1.165) is 31.2 Å². The second-order valence-electron chi connectivity index (χ2n) is 9.61. The third-order valence-electron chi connectivity index (χ3n) is 6.80. The molecule has 1 saturated carbocycles. The zero-order valence-corrected chi connectivity index (χ0v) is 21.6. The van der Waals surface area contributed by atoms with Crippen LogP contribution in [0.15, 0.2) is 47.8 Å². The average molecular weight is 520 g/mol. The SMILES string of the molecule is Cc1cc(Nc2ncnc3c2cnn3-c2ccc(S(C)(=O)=O)cc2)c(C(N)=O)c(CC2CCCCC2)n1. The number of hydrogen-bond donors (Lipinski definition) is 2. The fraction of sp³-hybridized carbons (Fsp3) is 0.346. The number of carbonyl (C=O) groups excluding carboxylic acids is 1. The van der Waals surface area contributed by atoms with Crippen molar-refractivity contribution < 1.29 is 13.2 Å². The number of nitrogens with two attached hydrogens (primary N) is 1. The van der Waals surface area contributed by atoms with Gasteiger partial charge >= 0.3 is 0 Å². The Bertz CT molecular complexity index is 1570. The Kier molecular flexibility index (Phi) is 6.63. The quantitative estimate of drug-likeness (QED) is 0.374. The topological polar surface area (TPSA) is 146 Å². The lowest BCUT2D eigenvalue weighted by molar-refractivity contribution is 0.0999. The van der Waals surface area contributed by atoms with Crippen molar-refractivity contribution in [2.75, 3.05) is 11.6 Å². The Hall–Kier alpha value is -3.86. The zero-order valence-electron chi connectivity index (χ0n) is 20.8. The van der Waals surface area contributed by atoms with Gasteiger partial charge in [0.15, 0.2) is 15.5 Å². The normalized spacial score (nSPS) is 14.6. The van der Waals surface area contributed by atoms with Gasteiger partial charge in [-0.05, 0) is 49.6 Å². The van der Waals surface area contributed by atoms with Crippen molar-refractivity contribution in [3.8, 4) is 5.69 Å². The molecule has 0 aliphatic heterocycles. The van der Waals surface area contributed by atoms with E-state index in [1.807, 2.05) is 6.92 Å². The third kappa shape index (κ3) is 5.17. The highest BCUT2D eigenvalue weighted by Crippen LogP contribution is 2.32. The minimum absolute atomic E-state index is 0.223. The fourth-order valence-corrected chi connectivity index (χ4v) is 5.65. The number of primary amides is 1. The molecule has 0 bridgehead atoms.